The van der Waals surface area contributed by atoms with Gasteiger partial charge in [0.25, 0.3) is 5.91 Å². The third-order valence-corrected chi connectivity index (χ3v) is 5.94. The molecule has 2 N–H and O–H groups in total. The smallest absolute Gasteiger partial charge is 0.257 e. The van der Waals surface area contributed by atoms with Gasteiger partial charge in [0, 0.05) is 6.54 Å². The molecule has 1 aliphatic rings. The largest absolute Gasteiger partial charge is 0.370 e. The van der Waals surface area contributed by atoms with Crippen LogP contribution in [0.1, 0.15) is 75.4 Å². The molecule has 1 unspecified atom stereocenters. The average molecular weight is 369 g/mol. The van der Waals surface area contributed by atoms with Gasteiger partial charge in [0.15, 0.2) is 0 Å². The lowest BCUT2D eigenvalue weighted by Crippen LogP contribution is -2.43. The number of hydrogen-bond donors (Lipinski definition) is 2. The Morgan fingerprint density at radius 3 is 2.63 bits per heavy atom. The fourth-order valence-corrected chi connectivity index (χ4v) is 3.77. The lowest BCUT2D eigenvalue weighted by molar-refractivity contribution is 0.0903. The van der Waals surface area contributed by atoms with Gasteiger partial charge >= 0.3 is 0 Å². The molecule has 1 aromatic heterocycles. The van der Waals surface area contributed by atoms with Crippen LogP contribution in [0.2, 0.25) is 0 Å². The molecule has 0 saturated heterocycles. The molecule has 0 aliphatic carbocycles. The summed E-state index contributed by atoms with van der Waals surface area (Å²) in [5, 5.41) is 11.2. The molecular formula is C22H32N4O. The first-order valence-electron chi connectivity index (χ1n) is 10.0. The molecule has 3 rings (SSSR count). The maximum absolute atomic E-state index is 13.2. The number of benzene rings is 1. The Bertz CT molecular complexity index is 806. The second kappa shape index (κ2) is 7.37. The molecule has 1 aliphatic heterocycles. The molecule has 1 amide bonds. The van der Waals surface area contributed by atoms with Gasteiger partial charge in [-0.25, -0.2) is 4.68 Å². The number of nitrogens with zero attached hydrogens (tertiary/aromatic N) is 2. The summed E-state index contributed by atoms with van der Waals surface area (Å²) >= 11 is 0. The van der Waals surface area contributed by atoms with E-state index in [9.17, 15) is 4.79 Å². The van der Waals surface area contributed by atoms with E-state index in [0.29, 0.717) is 5.56 Å². The van der Waals surface area contributed by atoms with Crippen LogP contribution in [-0.4, -0.2) is 22.2 Å². The van der Waals surface area contributed by atoms with E-state index in [1.165, 1.54) is 5.56 Å². The average Bonchev–Trinajstić information content (AvgIpc) is 3.04. The second-order valence-corrected chi connectivity index (χ2v) is 8.35. The molecule has 146 valence electrons. The highest BCUT2D eigenvalue weighted by molar-refractivity contribution is 5.99. The predicted molar refractivity (Wildman–Crippen MR) is 110 cm³/mol. The van der Waals surface area contributed by atoms with E-state index < -0.39 is 5.54 Å². The second-order valence-electron chi connectivity index (χ2n) is 8.35. The number of carbonyl (C=O) groups is 1. The van der Waals surface area contributed by atoms with E-state index in [1.54, 1.807) is 6.20 Å². The standard InChI is InChI=1S/C22H32N4O/c1-6-16-9-11-17(12-10-16)22(5,7-2)25-20(27)18-15-24-26-19(18)23-14-8-13-21(26,3)4/h9-12,15,23H,6-8,13-14H2,1-5H3,(H,25,27). The molecule has 1 aromatic carbocycles. The third-order valence-electron chi connectivity index (χ3n) is 5.94. The van der Waals surface area contributed by atoms with Gasteiger partial charge in [-0.15, -0.1) is 0 Å². The number of amides is 1. The summed E-state index contributed by atoms with van der Waals surface area (Å²) in [6.45, 7) is 11.5. The first-order chi connectivity index (χ1) is 12.8. The summed E-state index contributed by atoms with van der Waals surface area (Å²) in [4.78, 5) is 13.2. The Balaban J connectivity index is 1.88. The zero-order valence-electron chi connectivity index (χ0n) is 17.2. The van der Waals surface area contributed by atoms with Crippen LogP contribution in [0.25, 0.3) is 0 Å². The fourth-order valence-electron chi connectivity index (χ4n) is 3.77. The lowest BCUT2D eigenvalue weighted by Gasteiger charge is -2.30. The molecule has 5 nitrogen and oxygen atoms in total. The summed E-state index contributed by atoms with van der Waals surface area (Å²) in [7, 11) is 0. The lowest BCUT2D eigenvalue weighted by atomic mass is 9.88. The number of rotatable bonds is 5. The molecule has 27 heavy (non-hydrogen) atoms. The number of hydrogen-bond acceptors (Lipinski definition) is 3. The van der Waals surface area contributed by atoms with E-state index in [2.05, 4.69) is 74.6 Å². The van der Waals surface area contributed by atoms with Crippen LogP contribution in [0.5, 0.6) is 0 Å². The molecule has 2 heterocycles. The van der Waals surface area contributed by atoms with Gasteiger partial charge in [0.1, 0.15) is 11.4 Å². The van der Waals surface area contributed by atoms with Gasteiger partial charge in [0.2, 0.25) is 0 Å². The zero-order chi connectivity index (χ0) is 19.7. The highest BCUT2D eigenvalue weighted by Crippen LogP contribution is 2.32. The van der Waals surface area contributed by atoms with E-state index in [-0.39, 0.29) is 11.4 Å². The van der Waals surface area contributed by atoms with Crippen LogP contribution in [0.4, 0.5) is 5.82 Å². The molecule has 0 bridgehead atoms. The van der Waals surface area contributed by atoms with Gasteiger partial charge in [-0.2, -0.15) is 5.10 Å². The van der Waals surface area contributed by atoms with Crippen molar-refractivity contribution < 1.29 is 4.79 Å². The topological polar surface area (TPSA) is 59.0 Å². The van der Waals surface area contributed by atoms with Crippen LogP contribution in [0.15, 0.2) is 30.5 Å². The predicted octanol–water partition coefficient (Wildman–Crippen LogP) is 4.44. The summed E-state index contributed by atoms with van der Waals surface area (Å²) in [6, 6.07) is 8.54. The molecule has 5 heteroatoms. The van der Waals surface area contributed by atoms with E-state index in [0.717, 1.165) is 43.6 Å². The molecular weight excluding hydrogens is 336 g/mol. The maximum Gasteiger partial charge on any atom is 0.257 e. The van der Waals surface area contributed by atoms with Gasteiger partial charge in [-0.3, -0.25) is 4.79 Å². The van der Waals surface area contributed by atoms with Crippen molar-refractivity contribution in [2.45, 2.75) is 71.4 Å². The Labute approximate surface area is 162 Å². The van der Waals surface area contributed by atoms with Gasteiger partial charge in [-0.1, -0.05) is 38.1 Å². The number of aryl methyl sites for hydroxylation is 1. The number of anilines is 1. The van der Waals surface area contributed by atoms with Crippen molar-refractivity contribution in [3.05, 3.63) is 47.2 Å². The number of fused-ring (bicyclic) bond motifs is 1. The van der Waals surface area contributed by atoms with Crippen LogP contribution in [-0.2, 0) is 17.5 Å². The SMILES string of the molecule is CCc1ccc(C(C)(CC)NC(=O)c2cnn3c2NCCCC3(C)C)cc1. The monoisotopic (exact) mass is 368 g/mol. The summed E-state index contributed by atoms with van der Waals surface area (Å²) in [5.41, 5.74) is 2.54. The first-order valence-corrected chi connectivity index (χ1v) is 10.0. The van der Waals surface area contributed by atoms with Gasteiger partial charge in [0.05, 0.1) is 17.3 Å². The molecule has 2 aromatic rings. The Morgan fingerprint density at radius 2 is 2.00 bits per heavy atom. The molecule has 0 radical (unpaired) electrons. The van der Waals surface area contributed by atoms with Crippen molar-refractivity contribution in [3.63, 3.8) is 0 Å². The van der Waals surface area contributed by atoms with Crippen molar-refractivity contribution in [2.24, 2.45) is 0 Å². The fraction of sp³-hybridized carbons (Fsp3) is 0.545. The normalized spacial score (nSPS) is 18.0. The minimum Gasteiger partial charge on any atom is -0.370 e. The summed E-state index contributed by atoms with van der Waals surface area (Å²) < 4.78 is 1.97. The van der Waals surface area contributed by atoms with Crippen molar-refractivity contribution in [2.75, 3.05) is 11.9 Å². The minimum atomic E-state index is -0.418. The minimum absolute atomic E-state index is 0.0784. The molecule has 0 fully saturated rings. The number of aromatic nitrogens is 2. The van der Waals surface area contributed by atoms with Crippen molar-refractivity contribution in [1.82, 2.24) is 15.1 Å². The maximum atomic E-state index is 13.2. The van der Waals surface area contributed by atoms with Crippen LogP contribution in [0.3, 0.4) is 0 Å². The molecule has 0 saturated carbocycles. The molecule has 0 spiro atoms. The number of carbonyl (C=O) groups excluding carboxylic acids is 1. The summed E-state index contributed by atoms with van der Waals surface area (Å²) in [5.74, 6) is 0.750. The Hall–Kier alpha value is -2.30. The van der Waals surface area contributed by atoms with Crippen molar-refractivity contribution in [1.29, 1.82) is 0 Å². The van der Waals surface area contributed by atoms with Crippen LogP contribution in [0, 0.1) is 0 Å². The third kappa shape index (κ3) is 3.73. The first kappa shape index (κ1) is 19.5. The zero-order valence-corrected chi connectivity index (χ0v) is 17.2. The highest BCUT2D eigenvalue weighted by atomic mass is 16.1. The van der Waals surface area contributed by atoms with Crippen molar-refractivity contribution >= 4 is 11.7 Å². The van der Waals surface area contributed by atoms with E-state index in [1.807, 2.05) is 4.68 Å². The Morgan fingerprint density at radius 1 is 1.30 bits per heavy atom. The van der Waals surface area contributed by atoms with Gasteiger partial charge in [-0.05, 0) is 57.6 Å². The molecule has 1 atom stereocenters. The summed E-state index contributed by atoms with van der Waals surface area (Å²) in [6.07, 6.45) is 5.62. The van der Waals surface area contributed by atoms with Gasteiger partial charge < -0.3 is 10.6 Å². The van der Waals surface area contributed by atoms with Crippen LogP contribution >= 0.6 is 0 Å². The highest BCUT2D eigenvalue weighted by Gasteiger charge is 2.32. The Kier molecular flexibility index (Phi) is 5.31. The number of nitrogens with one attached hydrogen (secondary N) is 2. The van der Waals surface area contributed by atoms with E-state index in [4.69, 9.17) is 0 Å². The van der Waals surface area contributed by atoms with Crippen LogP contribution < -0.4 is 10.6 Å². The van der Waals surface area contributed by atoms with Crippen molar-refractivity contribution in [3.8, 4) is 0 Å². The van der Waals surface area contributed by atoms with E-state index >= 15 is 0 Å². The quantitative estimate of drug-likeness (QED) is 0.820.